The summed E-state index contributed by atoms with van der Waals surface area (Å²) in [5.74, 6) is -0.807. The lowest BCUT2D eigenvalue weighted by molar-refractivity contribution is -0.115. The van der Waals surface area contributed by atoms with Crippen LogP contribution in [0.2, 0.25) is 0 Å². The predicted octanol–water partition coefficient (Wildman–Crippen LogP) is 9.81. The van der Waals surface area contributed by atoms with E-state index < -0.39 is 60.3 Å². The van der Waals surface area contributed by atoms with Crippen molar-refractivity contribution >= 4 is 103 Å². The van der Waals surface area contributed by atoms with Gasteiger partial charge in [-0.25, -0.2) is 49.7 Å². The molecule has 0 bridgehead atoms. The second-order valence-electron chi connectivity index (χ2n) is 19.4. The van der Waals surface area contributed by atoms with Crippen LogP contribution in [-0.4, -0.2) is 93.4 Å². The van der Waals surface area contributed by atoms with Gasteiger partial charge in [-0.3, -0.25) is 14.4 Å². The molecule has 6 aromatic heterocycles. The number of furan rings is 3. The van der Waals surface area contributed by atoms with Gasteiger partial charge in [0.25, 0.3) is 30.1 Å². The number of amides is 3. The molecule has 31 heteroatoms. The molecule has 2 aliphatic carbocycles. The molecule has 0 aliphatic heterocycles. The van der Waals surface area contributed by atoms with Gasteiger partial charge in [0.05, 0.1) is 52.5 Å². The fraction of sp³-hybridized carbons (Fsp3) is 0.232. The molecule has 3 amide bonds. The fourth-order valence-electron chi connectivity index (χ4n) is 9.07. The zero-order chi connectivity index (χ0) is 62.5. The summed E-state index contributed by atoms with van der Waals surface area (Å²) in [6, 6.07) is 30.7. The van der Waals surface area contributed by atoms with Gasteiger partial charge in [-0.1, -0.05) is 113 Å². The minimum Gasteiger partial charge on any atom is -0.464 e. The summed E-state index contributed by atoms with van der Waals surface area (Å²) in [5.41, 5.74) is 5.28. The number of rotatable bonds is 17. The second-order valence-corrected chi connectivity index (χ2v) is 27.4. The average molecular weight is 1320 g/mol. The van der Waals surface area contributed by atoms with Crippen LogP contribution < -0.4 is 30.1 Å². The summed E-state index contributed by atoms with van der Waals surface area (Å²) in [7, 11) is -10.7. The van der Waals surface area contributed by atoms with Crippen molar-refractivity contribution in [2.45, 2.75) is 93.6 Å². The van der Waals surface area contributed by atoms with E-state index in [-0.39, 0.29) is 72.4 Å². The van der Waals surface area contributed by atoms with Gasteiger partial charge in [0.15, 0.2) is 21.1 Å². The summed E-state index contributed by atoms with van der Waals surface area (Å²) in [6.45, 7) is 7.66. The van der Waals surface area contributed by atoms with Crippen molar-refractivity contribution in [1.82, 2.24) is 29.1 Å². The zero-order valence-corrected chi connectivity index (χ0v) is 51.7. The van der Waals surface area contributed by atoms with Crippen LogP contribution in [0, 0.1) is 13.8 Å². The molecule has 0 radical (unpaired) electrons. The second kappa shape index (κ2) is 26.5. The number of aliphatic hydroxyl groups excluding tert-OH is 2. The molecule has 11 rings (SSSR count). The van der Waals surface area contributed by atoms with Gasteiger partial charge >= 0.3 is 5.97 Å². The number of aromatic nitrogens is 3. The molecule has 87 heavy (non-hydrogen) atoms. The number of nitrogens with zero attached hydrogens (tertiary/aromatic N) is 3. The van der Waals surface area contributed by atoms with Gasteiger partial charge < -0.3 is 44.2 Å². The quantitative estimate of drug-likeness (QED) is 0.0393. The Hall–Kier alpha value is -8.08. The molecule has 0 fully saturated rings. The number of ether oxygens (including phenoxy) is 1. The Kier molecular flexibility index (Phi) is 19.3. The molecule has 25 nitrogen and oxygen atoms in total. The summed E-state index contributed by atoms with van der Waals surface area (Å²) >= 11 is 3.36. The topological polar surface area (TPSA) is 371 Å². The number of aliphatic hydroxyl groups is 2. The molecule has 0 unspecified atom stereocenters. The van der Waals surface area contributed by atoms with E-state index in [9.17, 15) is 54.6 Å². The molecule has 9 aromatic rings. The SMILES string of the molecule is CC(=O)Nc1nc(C)c(-c2ccc(S(=O)(=O)N[C@@H]3c4ccccc4C[C@@H]3O)o2)s1.CC(=O)Nc1nc(C)c(-c2ccc(S(=O)(=O)N[C@H]3c4ccccc4C[C@H]3O)o2)s1.COC(=O)c1nc(NC(C)=O)sc1-c1ccc(S(=O)(=O)NCc2ccccc2)o1.[HH].[HH].[HH].[HH].[HH].[HH].[HH].[HH]. The maximum Gasteiger partial charge on any atom is 0.358 e. The molecule has 472 valence electrons. The first kappa shape index (κ1) is 63.4. The van der Waals surface area contributed by atoms with Gasteiger partial charge in [-0.2, -0.15) is 9.44 Å². The van der Waals surface area contributed by atoms with E-state index in [1.807, 2.05) is 42.5 Å². The van der Waals surface area contributed by atoms with Crippen molar-refractivity contribution in [2.24, 2.45) is 0 Å². The van der Waals surface area contributed by atoms with E-state index in [1.54, 1.807) is 62.4 Å². The third-order valence-electron chi connectivity index (χ3n) is 12.9. The van der Waals surface area contributed by atoms with Crippen LogP contribution in [0.1, 0.15) is 94.0 Å². The van der Waals surface area contributed by atoms with E-state index >= 15 is 0 Å². The highest BCUT2D eigenvalue weighted by Crippen LogP contribution is 2.40. The third-order valence-corrected chi connectivity index (χ3v) is 20.0. The Balaban J connectivity index is 0.000000684. The van der Waals surface area contributed by atoms with Crippen LogP contribution >= 0.6 is 34.0 Å². The van der Waals surface area contributed by atoms with Gasteiger partial charge in [0.1, 0.15) is 22.2 Å². The number of benzene rings is 3. The average Bonchev–Trinajstić information content (AvgIpc) is 1.70. The zero-order valence-electron chi connectivity index (χ0n) is 46.8. The summed E-state index contributed by atoms with van der Waals surface area (Å²) < 4.78 is 105. The first-order valence-electron chi connectivity index (χ1n) is 26.1. The summed E-state index contributed by atoms with van der Waals surface area (Å²) in [4.78, 5) is 59.7. The molecule has 4 atom stereocenters. The van der Waals surface area contributed by atoms with E-state index in [1.165, 1.54) is 74.8 Å². The number of hydrogen-bond donors (Lipinski definition) is 8. The minimum absolute atomic E-state index is 0. The highest BCUT2D eigenvalue weighted by molar-refractivity contribution is 7.89. The van der Waals surface area contributed by atoms with Crippen LogP contribution in [0.4, 0.5) is 15.4 Å². The van der Waals surface area contributed by atoms with Crippen LogP contribution in [0.5, 0.6) is 0 Å². The largest absolute Gasteiger partial charge is 0.464 e. The van der Waals surface area contributed by atoms with Crippen LogP contribution in [0.3, 0.4) is 0 Å². The number of aryl methyl sites for hydroxylation is 2. The van der Waals surface area contributed by atoms with Crippen molar-refractivity contribution in [3.63, 3.8) is 0 Å². The fourth-order valence-corrected chi connectivity index (χ4v) is 15.3. The number of methoxy groups -OCH3 is 1. The number of thiazole rings is 3. The molecule has 2 aliphatic rings. The lowest BCUT2D eigenvalue weighted by Gasteiger charge is -2.17. The van der Waals surface area contributed by atoms with Crippen LogP contribution in [-0.2, 0) is 68.6 Å². The molecule has 3 aromatic carbocycles. The standard InChI is InChI=1S/2C19H19N3O5S2.C18H17N3O6S2.8H2/c2*1-10-18(28-19(20-10)21-11(2)23)15-7-8-16(27-15)29(25,26)22-17-13-6-4-3-5-12(13)9-14(17)24;1-11(22)20-18-21-15(17(23)26-2)16(28-18)13-8-9-14(27-13)29(24,25)19-10-12-6-4-3-5-7-12;;;;;;;;/h2*3-8,14,17,22,24H,9H2,1-2H3,(H,20,21,23);3-9,19H,10H2,1-2H3,(H,20,21,22);8*1H/t2*14-,17+;;;;;;;;;/m10........./s1. The van der Waals surface area contributed by atoms with Gasteiger partial charge in [-0.05, 0) is 78.1 Å². The van der Waals surface area contributed by atoms with Crippen molar-refractivity contribution in [2.75, 3.05) is 23.1 Å². The maximum absolute atomic E-state index is 12.8. The lowest BCUT2D eigenvalue weighted by atomic mass is 10.1. The Bertz CT molecular complexity index is 4230. The number of fused-ring (bicyclic) bond motifs is 2. The Labute approximate surface area is 522 Å². The van der Waals surface area contributed by atoms with E-state index in [4.69, 9.17) is 18.0 Å². The van der Waals surface area contributed by atoms with Crippen molar-refractivity contribution in [3.05, 3.63) is 160 Å². The number of hydrogen-bond acceptors (Lipinski definition) is 22. The Morgan fingerprint density at radius 1 is 0.540 bits per heavy atom. The first-order chi connectivity index (χ1) is 41.3. The highest BCUT2D eigenvalue weighted by Gasteiger charge is 2.37. The minimum atomic E-state index is -3.99. The number of nitrogens with one attached hydrogen (secondary N) is 6. The Morgan fingerprint density at radius 2 is 0.920 bits per heavy atom. The van der Waals surface area contributed by atoms with Crippen molar-refractivity contribution in [3.8, 4) is 31.9 Å². The number of sulfonamides is 3. The van der Waals surface area contributed by atoms with Gasteiger partial charge in [0.2, 0.25) is 33.0 Å². The number of esters is 1. The van der Waals surface area contributed by atoms with E-state index in [2.05, 4.69) is 45.1 Å². The predicted molar refractivity (Wildman–Crippen MR) is 339 cm³/mol. The van der Waals surface area contributed by atoms with Gasteiger partial charge in [-0.15, -0.1) is 0 Å². The monoisotopic (exact) mass is 1320 g/mol. The Morgan fingerprint density at radius 3 is 1.34 bits per heavy atom. The van der Waals surface area contributed by atoms with Crippen molar-refractivity contribution < 1.29 is 84.0 Å². The summed E-state index contributed by atoms with van der Waals surface area (Å²) in [6.07, 6.45) is -0.918. The molecular formula is C56H71N9O16S6. The molecule has 0 spiro atoms. The van der Waals surface area contributed by atoms with Crippen molar-refractivity contribution in [1.29, 1.82) is 0 Å². The molecule has 0 saturated carbocycles. The number of carbonyl (C=O) groups excluding carboxylic acids is 4. The van der Waals surface area contributed by atoms with Crippen LogP contribution in [0.25, 0.3) is 31.9 Å². The summed E-state index contributed by atoms with van der Waals surface area (Å²) in [5, 5.41) is 28.5. The molecule has 8 N–H and O–H groups in total. The number of carbonyl (C=O) groups is 4. The van der Waals surface area contributed by atoms with Crippen LogP contribution in [0.15, 0.2) is 144 Å². The number of anilines is 3. The molecule has 0 saturated heterocycles. The molecule has 6 heterocycles. The lowest BCUT2D eigenvalue weighted by Crippen LogP contribution is -2.33. The van der Waals surface area contributed by atoms with E-state index in [0.717, 1.165) is 39.2 Å². The van der Waals surface area contributed by atoms with Gasteiger partial charge in [0, 0.05) is 51.6 Å². The molecular weight excluding hydrogens is 1250 g/mol. The van der Waals surface area contributed by atoms with E-state index in [0.29, 0.717) is 55.8 Å². The highest BCUT2D eigenvalue weighted by atomic mass is 32.2. The third kappa shape index (κ3) is 15.0. The first-order valence-corrected chi connectivity index (χ1v) is 33.0. The smallest absolute Gasteiger partial charge is 0.358 e. The normalized spacial score (nSPS) is 16.1. The maximum atomic E-state index is 12.8.